The van der Waals surface area contributed by atoms with E-state index >= 15 is 0 Å². The van der Waals surface area contributed by atoms with E-state index in [1.807, 2.05) is 0 Å². The van der Waals surface area contributed by atoms with Gasteiger partial charge in [-0.15, -0.1) is 6.20 Å². The maximum atomic E-state index is 9.12. The number of rotatable bonds is 2. The summed E-state index contributed by atoms with van der Waals surface area (Å²) in [4.78, 5) is 0. The van der Waals surface area contributed by atoms with E-state index in [9.17, 15) is 0 Å². The third kappa shape index (κ3) is 8.70. The zero-order valence-corrected chi connectivity index (χ0v) is 15.0. The van der Waals surface area contributed by atoms with Gasteiger partial charge >= 0.3 is 26.2 Å². The summed E-state index contributed by atoms with van der Waals surface area (Å²) in [6.07, 6.45) is 3.99. The van der Waals surface area contributed by atoms with E-state index in [4.69, 9.17) is 19.7 Å². The summed E-state index contributed by atoms with van der Waals surface area (Å²) in [6.45, 7) is 0. The van der Waals surface area contributed by atoms with E-state index in [1.54, 1.807) is 6.07 Å². The van der Waals surface area contributed by atoms with Gasteiger partial charge in [0.1, 0.15) is 0 Å². The minimum absolute atomic E-state index is 0. The second-order valence-corrected chi connectivity index (χ2v) is 2.85. The molecule has 0 fully saturated rings. The Balaban J connectivity index is -0.000000312. The van der Waals surface area contributed by atoms with Crippen molar-refractivity contribution >= 4 is 0 Å². The Hall–Kier alpha value is -1.11. The summed E-state index contributed by atoms with van der Waals surface area (Å²) in [5.74, 6) is -0.0547. The first-order valence-electron chi connectivity index (χ1n) is 4.75. The molecule has 0 aliphatic carbocycles. The van der Waals surface area contributed by atoms with Crippen molar-refractivity contribution in [3.63, 3.8) is 0 Å². The number of hydrogen-bond acceptors (Lipinski definition) is 7. The van der Waals surface area contributed by atoms with Crippen molar-refractivity contribution < 1.29 is 70.7 Å². The van der Waals surface area contributed by atoms with Crippen LogP contribution in [-0.4, -0.2) is 39.8 Å². The Morgan fingerprint density at radius 2 is 1.57 bits per heavy atom. The van der Waals surface area contributed by atoms with Crippen molar-refractivity contribution in [2.45, 2.75) is 0 Å². The van der Waals surface area contributed by atoms with Crippen LogP contribution in [0, 0.1) is 12.3 Å². The molecule has 2 aromatic rings. The van der Waals surface area contributed by atoms with Gasteiger partial charge in [0.2, 0.25) is 0 Å². The van der Waals surface area contributed by atoms with Gasteiger partial charge < -0.3 is 44.5 Å². The van der Waals surface area contributed by atoms with Crippen molar-refractivity contribution in [2.75, 3.05) is 14.2 Å². The minimum atomic E-state index is -0.240. The zero-order valence-electron chi connectivity index (χ0n) is 11.0. The summed E-state index contributed by atoms with van der Waals surface area (Å²) in [7, 11) is 2.80. The molecule has 0 amide bonds. The Labute approximate surface area is 153 Å². The average molecular weight is 411 g/mol. The molecule has 10 heteroatoms. The number of aromatic nitrogens is 3. The first kappa shape index (κ1) is 24.9. The number of halogens is 2. The molecular weight excluding hydrogens is 400 g/mol. The van der Waals surface area contributed by atoms with Gasteiger partial charge in [0.25, 0.3) is 0 Å². The van der Waals surface area contributed by atoms with Crippen LogP contribution in [0.25, 0.3) is 0 Å². The van der Waals surface area contributed by atoms with Crippen molar-refractivity contribution in [3.05, 3.63) is 30.6 Å². The molecule has 1 heterocycles. The van der Waals surface area contributed by atoms with Crippen molar-refractivity contribution in [2.24, 2.45) is 0 Å². The summed E-state index contributed by atoms with van der Waals surface area (Å²) in [5.41, 5.74) is 0. The molecule has 0 radical (unpaired) electrons. The molecule has 0 atom stereocenters. The smallest absolute Gasteiger partial charge is 1.00 e. The van der Waals surface area contributed by atoms with Gasteiger partial charge in [-0.2, -0.15) is 6.07 Å². The summed E-state index contributed by atoms with van der Waals surface area (Å²) in [6, 6.07) is 5.24. The molecule has 0 bridgehead atoms. The van der Waals surface area contributed by atoms with Crippen LogP contribution in [0.2, 0.25) is 0 Å². The summed E-state index contributed by atoms with van der Waals surface area (Å²) < 4.78 is 9.54. The van der Waals surface area contributed by atoms with Gasteiger partial charge in [-0.25, -0.2) is 10.2 Å². The zero-order chi connectivity index (χ0) is 13.4. The molecule has 0 unspecified atom stereocenters. The quantitative estimate of drug-likeness (QED) is 0.476. The minimum Gasteiger partial charge on any atom is -1.00 e. The van der Waals surface area contributed by atoms with Crippen LogP contribution in [0.4, 0.5) is 0 Å². The average Bonchev–Trinajstić information content (AvgIpc) is 2.42. The van der Waals surface area contributed by atoms with E-state index in [2.05, 4.69) is 27.7 Å². The first-order valence-corrected chi connectivity index (χ1v) is 4.75. The van der Waals surface area contributed by atoms with E-state index in [1.165, 1.54) is 26.5 Å². The molecule has 0 saturated carbocycles. The van der Waals surface area contributed by atoms with Crippen LogP contribution >= 0.6 is 0 Å². The fourth-order valence-corrected chi connectivity index (χ4v) is 0.984. The Morgan fingerprint density at radius 3 is 1.81 bits per heavy atom. The third-order valence-electron chi connectivity index (χ3n) is 1.78. The number of methoxy groups -OCH3 is 2. The van der Waals surface area contributed by atoms with Gasteiger partial charge in [-0.05, 0) is 0 Å². The van der Waals surface area contributed by atoms with E-state index in [0.717, 1.165) is 0 Å². The molecule has 0 aliphatic heterocycles. The molecule has 7 nitrogen and oxygen atoms in total. The molecule has 0 aliphatic rings. The number of nitrogens with zero attached hydrogens (tertiary/aromatic N) is 3. The number of phenols is 2. The molecule has 21 heavy (non-hydrogen) atoms. The second kappa shape index (κ2) is 13.9. The Kier molecular flexibility index (Phi) is 16.4. The molecule has 1 aromatic carbocycles. The van der Waals surface area contributed by atoms with E-state index < -0.39 is 0 Å². The number of hydrogen-bond donors (Lipinski definition) is 2. The van der Waals surface area contributed by atoms with E-state index in [-0.39, 0.29) is 74.0 Å². The van der Waals surface area contributed by atoms with Crippen LogP contribution < -0.4 is 34.3 Å². The maximum Gasteiger partial charge on any atom is 4.00 e. The number of ether oxygens (including phenoxy) is 2. The number of phenolic OH excluding ortho intramolecular Hbond substituents is 2. The van der Waals surface area contributed by atoms with Gasteiger partial charge in [-0.3, -0.25) is 0 Å². The van der Waals surface area contributed by atoms with Crippen LogP contribution in [0.1, 0.15) is 0 Å². The van der Waals surface area contributed by atoms with E-state index in [0.29, 0.717) is 0 Å². The van der Waals surface area contributed by atoms with Crippen LogP contribution in [0.15, 0.2) is 18.3 Å². The predicted octanol–water partition coefficient (Wildman–Crippen LogP) is -5.41. The predicted molar refractivity (Wildman–Crippen MR) is 60.4 cm³/mol. The van der Waals surface area contributed by atoms with Crippen LogP contribution in [0.3, 0.4) is 0 Å². The van der Waals surface area contributed by atoms with Crippen molar-refractivity contribution in [1.82, 2.24) is 15.4 Å². The summed E-state index contributed by atoms with van der Waals surface area (Å²) >= 11 is 0. The normalized spacial score (nSPS) is 7.71. The topological polar surface area (TPSA) is 97.6 Å². The van der Waals surface area contributed by atoms with Crippen LogP contribution in [0.5, 0.6) is 23.0 Å². The van der Waals surface area contributed by atoms with Crippen LogP contribution in [-0.2, 0) is 26.2 Å². The molecular formula is C11H11Cl2N3O4Zr. The standard InChI is InChI=1S/C8H9O4.C3H2N3.2ClH.Zr/c1-11-7-4-8(12-2)6(10)3-5(7)9;1-2-4-6-5-3-1;;;/h4,9-10H,1-2H3;1-2H;2*1H;/q2*-1;;;+4/p-2. The van der Waals surface area contributed by atoms with Gasteiger partial charge in [0.15, 0.2) is 0 Å². The molecule has 0 saturated heterocycles. The van der Waals surface area contributed by atoms with Crippen molar-refractivity contribution in [3.8, 4) is 23.0 Å². The Morgan fingerprint density at radius 1 is 1.05 bits per heavy atom. The van der Waals surface area contributed by atoms with Gasteiger partial charge in [0.05, 0.1) is 25.7 Å². The fourth-order valence-electron chi connectivity index (χ4n) is 0.984. The first-order chi connectivity index (χ1) is 8.69. The largest absolute Gasteiger partial charge is 4.00 e. The second-order valence-electron chi connectivity index (χ2n) is 2.85. The molecule has 0 spiro atoms. The number of aromatic hydroxyl groups is 2. The van der Waals surface area contributed by atoms with Gasteiger partial charge in [-0.1, -0.05) is 23.5 Å². The molecule has 2 rings (SSSR count). The maximum absolute atomic E-state index is 9.12. The third-order valence-corrected chi connectivity index (χ3v) is 1.78. The van der Waals surface area contributed by atoms with Crippen molar-refractivity contribution in [1.29, 1.82) is 0 Å². The monoisotopic (exact) mass is 409 g/mol. The summed E-state index contributed by atoms with van der Waals surface area (Å²) in [5, 5.41) is 28.2. The molecule has 2 N–H and O–H groups in total. The molecule has 112 valence electrons. The molecule has 1 aromatic heterocycles. The van der Waals surface area contributed by atoms with Gasteiger partial charge in [0, 0.05) is 11.5 Å². The number of benzene rings is 1. The SMILES string of the molecule is COc1cc(OC)c(O)[c-]c1O.[Cl-].[Cl-].[Zr+4].[c-]1ccnnn1. The Bertz CT molecular complexity index is 442. The fraction of sp³-hybridized carbons (Fsp3) is 0.182.